The highest BCUT2D eigenvalue weighted by atomic mass is 35.5. The van der Waals surface area contributed by atoms with Crippen LogP contribution >= 0.6 is 23.2 Å². The molecule has 2 aromatic carbocycles. The van der Waals surface area contributed by atoms with E-state index in [-0.39, 0.29) is 16.8 Å². The first-order valence-corrected chi connectivity index (χ1v) is 10.1. The normalized spacial score (nSPS) is 17.5. The second kappa shape index (κ2) is 7.82. The van der Waals surface area contributed by atoms with Crippen molar-refractivity contribution in [2.24, 2.45) is 0 Å². The molecule has 1 fully saturated rings. The van der Waals surface area contributed by atoms with Gasteiger partial charge in [0.1, 0.15) is 5.70 Å². The Balaban J connectivity index is 1.86. The van der Waals surface area contributed by atoms with Crippen molar-refractivity contribution >= 4 is 46.3 Å². The van der Waals surface area contributed by atoms with Crippen molar-refractivity contribution in [3.05, 3.63) is 68.8 Å². The molecule has 0 unspecified atom stereocenters. The van der Waals surface area contributed by atoms with Crippen LogP contribution in [0.1, 0.15) is 16.7 Å². The lowest BCUT2D eigenvalue weighted by Gasteiger charge is -2.29. The second-order valence-electron chi connectivity index (χ2n) is 7.19. The quantitative estimate of drug-likeness (QED) is 0.683. The Morgan fingerprint density at radius 2 is 1.62 bits per heavy atom. The summed E-state index contributed by atoms with van der Waals surface area (Å²) < 4.78 is 5.44. The van der Waals surface area contributed by atoms with Crippen LogP contribution in [-0.2, 0) is 14.3 Å². The monoisotopic (exact) mass is 430 g/mol. The molecule has 2 aromatic rings. The predicted octanol–water partition coefficient (Wildman–Crippen LogP) is 4.23. The highest BCUT2D eigenvalue weighted by molar-refractivity contribution is 6.46. The molecule has 2 amide bonds. The number of morpholine rings is 1. The topological polar surface area (TPSA) is 49.9 Å². The maximum Gasteiger partial charge on any atom is 0.282 e. The third kappa shape index (κ3) is 3.54. The lowest BCUT2D eigenvalue weighted by Crippen LogP contribution is -2.40. The molecule has 2 aliphatic heterocycles. The van der Waals surface area contributed by atoms with Crippen LogP contribution in [0.25, 0.3) is 5.57 Å². The van der Waals surface area contributed by atoms with E-state index >= 15 is 0 Å². The highest BCUT2D eigenvalue weighted by Crippen LogP contribution is 2.38. The van der Waals surface area contributed by atoms with E-state index in [1.807, 2.05) is 36.9 Å². The first-order chi connectivity index (χ1) is 13.9. The molecule has 29 heavy (non-hydrogen) atoms. The average Bonchev–Trinajstić information content (AvgIpc) is 2.95. The van der Waals surface area contributed by atoms with E-state index in [4.69, 9.17) is 27.9 Å². The summed E-state index contributed by atoms with van der Waals surface area (Å²) in [4.78, 5) is 30.1. The number of rotatable bonds is 3. The number of amides is 2. The number of hydrogen-bond acceptors (Lipinski definition) is 4. The van der Waals surface area contributed by atoms with Gasteiger partial charge in [-0.3, -0.25) is 9.59 Å². The van der Waals surface area contributed by atoms with Crippen LogP contribution in [0.3, 0.4) is 0 Å². The smallest absolute Gasteiger partial charge is 0.282 e. The number of aryl methyl sites for hydroxylation is 2. The van der Waals surface area contributed by atoms with Gasteiger partial charge in [-0.05, 0) is 43.2 Å². The largest absolute Gasteiger partial charge is 0.378 e. The van der Waals surface area contributed by atoms with Gasteiger partial charge in [-0.25, -0.2) is 4.90 Å². The molecule has 7 heteroatoms. The van der Waals surface area contributed by atoms with Crippen LogP contribution in [-0.4, -0.2) is 43.0 Å². The van der Waals surface area contributed by atoms with Crippen LogP contribution in [0.4, 0.5) is 5.69 Å². The van der Waals surface area contributed by atoms with E-state index in [1.165, 1.54) is 4.90 Å². The number of halogens is 2. The summed E-state index contributed by atoms with van der Waals surface area (Å²) in [5.74, 6) is -0.716. The molecule has 0 aliphatic carbocycles. The van der Waals surface area contributed by atoms with Crippen molar-refractivity contribution < 1.29 is 14.3 Å². The van der Waals surface area contributed by atoms with E-state index < -0.39 is 0 Å². The fraction of sp³-hybridized carbons (Fsp3) is 0.273. The Hall–Kier alpha value is -2.34. The third-order valence-electron chi connectivity index (χ3n) is 5.20. The summed E-state index contributed by atoms with van der Waals surface area (Å²) in [6.45, 7) is 6.08. The number of anilines is 1. The van der Waals surface area contributed by atoms with Crippen molar-refractivity contribution in [2.75, 3.05) is 31.2 Å². The molecule has 2 heterocycles. The van der Waals surface area contributed by atoms with E-state index in [0.29, 0.717) is 48.3 Å². The van der Waals surface area contributed by atoms with Crippen LogP contribution in [0, 0.1) is 13.8 Å². The Morgan fingerprint density at radius 1 is 0.897 bits per heavy atom. The number of nitrogens with zero attached hydrogens (tertiary/aromatic N) is 2. The molecule has 1 saturated heterocycles. The third-order valence-corrected chi connectivity index (χ3v) is 5.94. The van der Waals surface area contributed by atoms with Gasteiger partial charge in [0.15, 0.2) is 0 Å². The van der Waals surface area contributed by atoms with Gasteiger partial charge in [0, 0.05) is 13.1 Å². The number of hydrogen-bond donors (Lipinski definition) is 0. The van der Waals surface area contributed by atoms with Crippen molar-refractivity contribution in [1.29, 1.82) is 0 Å². The van der Waals surface area contributed by atoms with E-state index in [1.54, 1.807) is 18.2 Å². The molecule has 0 radical (unpaired) electrons. The van der Waals surface area contributed by atoms with Crippen LogP contribution in [0.5, 0.6) is 0 Å². The number of carbonyl (C=O) groups excluding carboxylic acids is 2. The van der Waals surface area contributed by atoms with Crippen molar-refractivity contribution in [2.45, 2.75) is 13.8 Å². The molecular weight excluding hydrogens is 411 g/mol. The van der Waals surface area contributed by atoms with Crippen LogP contribution in [0.15, 0.2) is 42.1 Å². The Morgan fingerprint density at radius 3 is 2.28 bits per heavy atom. The molecular formula is C22H20Cl2N2O3. The number of benzene rings is 2. The summed E-state index contributed by atoms with van der Waals surface area (Å²) in [7, 11) is 0. The SMILES string of the molecule is Cc1ccc(C2=C(N3CCOCC3)C(=O)N(c3ccc(Cl)c(Cl)c3)C2=O)c(C)c1. The average molecular weight is 431 g/mol. The molecule has 0 atom stereocenters. The standard InChI is InChI=1S/C22H20Cl2N2O3/c1-13-3-5-16(14(2)11-13)19-20(25-7-9-29-10-8-25)22(28)26(21(19)27)15-4-6-17(23)18(24)12-15/h3-6,11-12H,7-10H2,1-2H3. The lowest BCUT2D eigenvalue weighted by atomic mass is 9.97. The lowest BCUT2D eigenvalue weighted by molar-refractivity contribution is -0.121. The molecule has 4 rings (SSSR count). The van der Waals surface area contributed by atoms with Gasteiger partial charge in [-0.1, -0.05) is 47.0 Å². The van der Waals surface area contributed by atoms with Gasteiger partial charge < -0.3 is 9.64 Å². The van der Waals surface area contributed by atoms with Gasteiger partial charge in [0.25, 0.3) is 11.8 Å². The van der Waals surface area contributed by atoms with Crippen molar-refractivity contribution in [3.63, 3.8) is 0 Å². The molecule has 0 N–H and O–H groups in total. The zero-order valence-corrected chi connectivity index (χ0v) is 17.7. The molecule has 0 bridgehead atoms. The van der Waals surface area contributed by atoms with Crippen LogP contribution in [0.2, 0.25) is 10.0 Å². The maximum absolute atomic E-state index is 13.5. The summed E-state index contributed by atoms with van der Waals surface area (Å²) in [6, 6.07) is 10.6. The minimum absolute atomic E-state index is 0.289. The highest BCUT2D eigenvalue weighted by Gasteiger charge is 2.43. The van der Waals surface area contributed by atoms with Gasteiger partial charge in [-0.2, -0.15) is 0 Å². The van der Waals surface area contributed by atoms with Gasteiger partial charge in [-0.15, -0.1) is 0 Å². The van der Waals surface area contributed by atoms with Crippen molar-refractivity contribution in [1.82, 2.24) is 4.90 Å². The summed E-state index contributed by atoms with van der Waals surface area (Å²) in [5, 5.41) is 0.656. The number of imide groups is 1. The zero-order valence-electron chi connectivity index (χ0n) is 16.2. The number of ether oxygens (including phenoxy) is 1. The summed E-state index contributed by atoms with van der Waals surface area (Å²) >= 11 is 12.2. The van der Waals surface area contributed by atoms with E-state index in [9.17, 15) is 9.59 Å². The molecule has 5 nitrogen and oxygen atoms in total. The Bertz CT molecular complexity index is 1040. The summed E-state index contributed by atoms with van der Waals surface area (Å²) in [5.41, 5.74) is 4.04. The van der Waals surface area contributed by atoms with Gasteiger partial charge in [0.2, 0.25) is 0 Å². The first kappa shape index (κ1) is 20.0. The molecule has 0 aromatic heterocycles. The maximum atomic E-state index is 13.5. The van der Waals surface area contributed by atoms with E-state index in [2.05, 4.69) is 0 Å². The molecule has 0 saturated carbocycles. The summed E-state index contributed by atoms with van der Waals surface area (Å²) in [6.07, 6.45) is 0. The van der Waals surface area contributed by atoms with Gasteiger partial charge in [0.05, 0.1) is 34.5 Å². The van der Waals surface area contributed by atoms with Crippen molar-refractivity contribution in [3.8, 4) is 0 Å². The van der Waals surface area contributed by atoms with Gasteiger partial charge >= 0.3 is 0 Å². The fourth-order valence-electron chi connectivity index (χ4n) is 3.79. The molecule has 2 aliphatic rings. The Labute approximate surface area is 179 Å². The minimum atomic E-state index is -0.359. The fourth-order valence-corrected chi connectivity index (χ4v) is 4.09. The second-order valence-corrected chi connectivity index (χ2v) is 8.00. The van der Waals surface area contributed by atoms with Crippen LogP contribution < -0.4 is 4.90 Å². The number of carbonyl (C=O) groups is 2. The predicted molar refractivity (Wildman–Crippen MR) is 114 cm³/mol. The first-order valence-electron chi connectivity index (χ1n) is 9.37. The Kier molecular flexibility index (Phi) is 5.38. The zero-order chi connectivity index (χ0) is 20.7. The molecule has 0 spiro atoms. The van der Waals surface area contributed by atoms with E-state index in [0.717, 1.165) is 16.7 Å². The minimum Gasteiger partial charge on any atom is -0.378 e. The molecule has 150 valence electrons.